The third-order valence-corrected chi connectivity index (χ3v) is 5.53. The number of nitrogens with zero attached hydrogens (tertiary/aromatic N) is 4. The number of anilines is 1. The standard InChI is InChI=1S/C14H11BrN4O3S/c15-12-4-1-3-11(9-12)10-19-14(20)17(8-6-16)13-5-2-7-18(13)23(19,21)22/h1-5,7,9H,8,10H2. The average Bonchev–Trinajstić information content (AvgIpc) is 2.99. The number of benzene rings is 1. The smallest absolute Gasteiger partial charge is 0.264 e. The lowest BCUT2D eigenvalue weighted by molar-refractivity contribution is 0.226. The highest BCUT2D eigenvalue weighted by Crippen LogP contribution is 2.29. The second-order valence-electron chi connectivity index (χ2n) is 4.83. The summed E-state index contributed by atoms with van der Waals surface area (Å²) in [5, 5.41) is 8.91. The van der Waals surface area contributed by atoms with E-state index in [1.807, 2.05) is 12.1 Å². The number of urea groups is 1. The highest BCUT2D eigenvalue weighted by molar-refractivity contribution is 9.10. The average molecular weight is 395 g/mol. The zero-order valence-corrected chi connectivity index (χ0v) is 14.2. The molecule has 23 heavy (non-hydrogen) atoms. The van der Waals surface area contributed by atoms with Gasteiger partial charge in [0, 0.05) is 10.7 Å². The van der Waals surface area contributed by atoms with Crippen LogP contribution in [0, 0.1) is 11.3 Å². The van der Waals surface area contributed by atoms with Crippen molar-refractivity contribution in [1.82, 2.24) is 8.28 Å². The van der Waals surface area contributed by atoms with Crippen LogP contribution in [0.3, 0.4) is 0 Å². The molecule has 0 unspecified atom stereocenters. The van der Waals surface area contributed by atoms with E-state index in [1.54, 1.807) is 18.2 Å². The lowest BCUT2D eigenvalue weighted by Crippen LogP contribution is -2.53. The Balaban J connectivity index is 2.06. The molecule has 3 rings (SSSR count). The third-order valence-electron chi connectivity index (χ3n) is 3.38. The molecular formula is C14H11BrN4O3S. The van der Waals surface area contributed by atoms with E-state index in [-0.39, 0.29) is 18.9 Å². The summed E-state index contributed by atoms with van der Waals surface area (Å²) < 4.78 is 27.9. The molecule has 1 aliphatic rings. The highest BCUT2D eigenvalue weighted by Gasteiger charge is 2.40. The molecule has 1 aromatic heterocycles. The molecule has 118 valence electrons. The van der Waals surface area contributed by atoms with E-state index < -0.39 is 16.2 Å². The van der Waals surface area contributed by atoms with Crippen molar-refractivity contribution >= 4 is 38.0 Å². The molecule has 0 radical (unpaired) electrons. The normalized spacial score (nSPS) is 16.1. The second-order valence-corrected chi connectivity index (χ2v) is 7.48. The van der Waals surface area contributed by atoms with E-state index in [9.17, 15) is 13.2 Å². The van der Waals surface area contributed by atoms with Crippen LogP contribution < -0.4 is 4.90 Å². The fraction of sp³-hybridized carbons (Fsp3) is 0.143. The number of carbonyl (C=O) groups excluding carboxylic acids is 1. The van der Waals surface area contributed by atoms with Gasteiger partial charge in [0.1, 0.15) is 12.4 Å². The van der Waals surface area contributed by atoms with Crippen LogP contribution in [0.15, 0.2) is 47.1 Å². The van der Waals surface area contributed by atoms with Crippen molar-refractivity contribution < 1.29 is 13.2 Å². The monoisotopic (exact) mass is 394 g/mol. The maximum atomic E-state index is 12.7. The number of rotatable bonds is 3. The van der Waals surface area contributed by atoms with Crippen molar-refractivity contribution in [2.24, 2.45) is 0 Å². The number of halogens is 1. The molecule has 0 aliphatic carbocycles. The molecule has 0 saturated carbocycles. The third kappa shape index (κ3) is 2.60. The first-order valence-electron chi connectivity index (χ1n) is 6.58. The van der Waals surface area contributed by atoms with Gasteiger partial charge in [0.15, 0.2) is 0 Å². The Morgan fingerprint density at radius 3 is 2.70 bits per heavy atom. The Kier molecular flexibility index (Phi) is 3.87. The van der Waals surface area contributed by atoms with Gasteiger partial charge in [-0.1, -0.05) is 28.1 Å². The number of hydrogen-bond acceptors (Lipinski definition) is 4. The molecular weight excluding hydrogens is 384 g/mol. The first kappa shape index (κ1) is 15.6. The molecule has 1 aromatic carbocycles. The van der Waals surface area contributed by atoms with Gasteiger partial charge in [-0.3, -0.25) is 4.90 Å². The minimum atomic E-state index is -4.02. The topological polar surface area (TPSA) is 86.4 Å². The number of carbonyl (C=O) groups is 1. The molecule has 0 N–H and O–H groups in total. The molecule has 0 fully saturated rings. The molecule has 0 bridgehead atoms. The summed E-state index contributed by atoms with van der Waals surface area (Å²) in [5.41, 5.74) is 0.656. The first-order valence-corrected chi connectivity index (χ1v) is 8.77. The van der Waals surface area contributed by atoms with Crippen LogP contribution >= 0.6 is 15.9 Å². The number of amides is 2. The van der Waals surface area contributed by atoms with Crippen LogP contribution in [0.2, 0.25) is 0 Å². The number of fused-ring (bicyclic) bond motifs is 1. The van der Waals surface area contributed by atoms with E-state index in [4.69, 9.17) is 5.26 Å². The minimum absolute atomic E-state index is 0.111. The lowest BCUT2D eigenvalue weighted by atomic mass is 10.2. The van der Waals surface area contributed by atoms with Gasteiger partial charge >= 0.3 is 16.2 Å². The van der Waals surface area contributed by atoms with Crippen molar-refractivity contribution in [1.29, 1.82) is 5.26 Å². The molecule has 0 saturated heterocycles. The zero-order chi connectivity index (χ0) is 16.6. The highest BCUT2D eigenvalue weighted by atomic mass is 79.9. The van der Waals surface area contributed by atoms with Gasteiger partial charge < -0.3 is 0 Å². The molecule has 2 amide bonds. The van der Waals surface area contributed by atoms with Crippen LogP contribution in [0.5, 0.6) is 0 Å². The quantitative estimate of drug-likeness (QED) is 0.747. The number of aromatic nitrogens is 1. The summed E-state index contributed by atoms with van der Waals surface area (Å²) in [6.45, 7) is -0.340. The van der Waals surface area contributed by atoms with E-state index in [2.05, 4.69) is 15.9 Å². The van der Waals surface area contributed by atoms with Crippen molar-refractivity contribution in [3.05, 3.63) is 52.6 Å². The largest absolute Gasteiger partial charge is 0.341 e. The van der Waals surface area contributed by atoms with Crippen LogP contribution in [0.4, 0.5) is 10.6 Å². The first-order chi connectivity index (χ1) is 10.9. The zero-order valence-electron chi connectivity index (χ0n) is 11.8. The van der Waals surface area contributed by atoms with Gasteiger partial charge in [-0.25, -0.2) is 8.77 Å². The van der Waals surface area contributed by atoms with Crippen LogP contribution in [0.1, 0.15) is 5.56 Å². The molecule has 1 aliphatic heterocycles. The second kappa shape index (κ2) is 5.72. The van der Waals surface area contributed by atoms with Gasteiger partial charge in [0.05, 0.1) is 12.6 Å². The molecule has 9 heteroatoms. The van der Waals surface area contributed by atoms with Crippen molar-refractivity contribution in [2.75, 3.05) is 11.4 Å². The minimum Gasteiger partial charge on any atom is -0.264 e. The Morgan fingerprint density at radius 2 is 2.00 bits per heavy atom. The van der Waals surface area contributed by atoms with Gasteiger partial charge in [-0.05, 0) is 29.8 Å². The number of hydrogen-bond donors (Lipinski definition) is 0. The predicted octanol–water partition coefficient (Wildman–Crippen LogP) is 2.31. The van der Waals surface area contributed by atoms with Crippen molar-refractivity contribution in [3.63, 3.8) is 0 Å². The fourth-order valence-corrected chi connectivity index (χ4v) is 4.26. The summed E-state index contributed by atoms with van der Waals surface area (Å²) in [4.78, 5) is 13.7. The maximum Gasteiger partial charge on any atom is 0.341 e. The Morgan fingerprint density at radius 1 is 1.22 bits per heavy atom. The predicted molar refractivity (Wildman–Crippen MR) is 86.8 cm³/mol. The molecule has 7 nitrogen and oxygen atoms in total. The van der Waals surface area contributed by atoms with Crippen molar-refractivity contribution in [2.45, 2.75) is 6.54 Å². The lowest BCUT2D eigenvalue weighted by Gasteiger charge is -2.34. The number of nitriles is 1. The summed E-state index contributed by atoms with van der Waals surface area (Å²) in [6.07, 6.45) is 1.36. The Bertz CT molecular complexity index is 916. The summed E-state index contributed by atoms with van der Waals surface area (Å²) in [6, 6.07) is 11.2. The van der Waals surface area contributed by atoms with E-state index in [0.29, 0.717) is 5.56 Å². The van der Waals surface area contributed by atoms with Crippen molar-refractivity contribution in [3.8, 4) is 6.07 Å². The van der Waals surface area contributed by atoms with Crippen LogP contribution in [-0.2, 0) is 16.8 Å². The van der Waals surface area contributed by atoms with E-state index in [0.717, 1.165) is 17.7 Å². The molecule has 0 spiro atoms. The maximum absolute atomic E-state index is 12.7. The summed E-state index contributed by atoms with van der Waals surface area (Å²) >= 11 is 3.32. The SMILES string of the molecule is N#CCN1C(=O)N(Cc2cccc(Br)c2)S(=O)(=O)n2cccc21. The van der Waals surface area contributed by atoms with Crippen LogP contribution in [0.25, 0.3) is 0 Å². The van der Waals surface area contributed by atoms with Gasteiger partial charge in [0.2, 0.25) is 0 Å². The van der Waals surface area contributed by atoms with E-state index in [1.165, 1.54) is 18.3 Å². The molecule has 0 atom stereocenters. The van der Waals surface area contributed by atoms with Gasteiger partial charge in [-0.2, -0.15) is 18.0 Å². The summed E-state index contributed by atoms with van der Waals surface area (Å²) in [5.74, 6) is 0.169. The van der Waals surface area contributed by atoms with E-state index >= 15 is 0 Å². The van der Waals surface area contributed by atoms with Gasteiger partial charge in [0.25, 0.3) is 0 Å². The molecule has 2 aromatic rings. The Labute approximate surface area is 141 Å². The summed E-state index contributed by atoms with van der Waals surface area (Å²) in [7, 11) is -4.02. The van der Waals surface area contributed by atoms with Gasteiger partial charge in [-0.15, -0.1) is 0 Å². The fourth-order valence-electron chi connectivity index (χ4n) is 2.37. The Hall–Kier alpha value is -2.31. The molecule has 2 heterocycles. The van der Waals surface area contributed by atoms with Crippen LogP contribution in [-0.4, -0.2) is 29.3 Å².